The second-order valence-corrected chi connectivity index (χ2v) is 17.8. The first kappa shape index (κ1) is 58.6. The van der Waals surface area contributed by atoms with E-state index in [9.17, 15) is 14.4 Å². The Morgan fingerprint density at radius 2 is 0.607 bits per heavy atom. The predicted octanol–water partition coefficient (Wildman–Crippen LogP) is 17.3. The van der Waals surface area contributed by atoms with Crippen molar-refractivity contribution in [2.45, 2.75) is 284 Å². The van der Waals surface area contributed by atoms with E-state index in [0.717, 1.165) is 57.8 Å². The highest BCUT2D eigenvalue weighted by molar-refractivity contribution is 5.71. The van der Waals surface area contributed by atoms with Crippen molar-refractivity contribution < 1.29 is 28.6 Å². The van der Waals surface area contributed by atoms with Crippen LogP contribution in [0.15, 0.2) is 36.5 Å². The average Bonchev–Trinajstić information content (AvgIpc) is 3.26. The van der Waals surface area contributed by atoms with Gasteiger partial charge in [-0.3, -0.25) is 14.4 Å². The van der Waals surface area contributed by atoms with E-state index in [1.807, 2.05) is 0 Å². The summed E-state index contributed by atoms with van der Waals surface area (Å²) in [5, 5.41) is 0. The van der Waals surface area contributed by atoms with Crippen LogP contribution in [0.3, 0.4) is 0 Å². The molecule has 0 spiro atoms. The van der Waals surface area contributed by atoms with Crippen molar-refractivity contribution in [1.82, 2.24) is 0 Å². The van der Waals surface area contributed by atoms with E-state index >= 15 is 0 Å². The fourth-order valence-corrected chi connectivity index (χ4v) is 7.64. The van der Waals surface area contributed by atoms with Crippen molar-refractivity contribution in [2.24, 2.45) is 0 Å². The summed E-state index contributed by atoms with van der Waals surface area (Å²) < 4.78 is 16.8. The lowest BCUT2D eigenvalue weighted by Gasteiger charge is -2.18. The molecule has 0 saturated carbocycles. The number of carbonyl (C=O) groups excluding carboxylic acids is 3. The van der Waals surface area contributed by atoms with Crippen molar-refractivity contribution in [3.8, 4) is 0 Å². The number of esters is 3. The molecular weight excluding hydrogens is 757 g/mol. The second-order valence-electron chi connectivity index (χ2n) is 17.8. The lowest BCUT2D eigenvalue weighted by molar-refractivity contribution is -0.167. The molecule has 1 unspecified atom stereocenters. The average molecular weight is 857 g/mol. The van der Waals surface area contributed by atoms with Crippen LogP contribution in [0, 0.1) is 0 Å². The third-order valence-corrected chi connectivity index (χ3v) is 11.6. The maximum absolute atomic E-state index is 12.8. The molecule has 0 radical (unpaired) electrons. The third kappa shape index (κ3) is 48.5. The molecule has 0 bridgehead atoms. The van der Waals surface area contributed by atoms with Crippen molar-refractivity contribution in [3.63, 3.8) is 0 Å². The summed E-state index contributed by atoms with van der Waals surface area (Å²) in [7, 11) is 0. The maximum atomic E-state index is 12.8. The number of hydrogen-bond donors (Lipinski definition) is 0. The summed E-state index contributed by atoms with van der Waals surface area (Å²) >= 11 is 0. The summed E-state index contributed by atoms with van der Waals surface area (Å²) in [6, 6.07) is 0. The number of hydrogen-bond acceptors (Lipinski definition) is 6. The van der Waals surface area contributed by atoms with Crippen LogP contribution in [0.25, 0.3) is 0 Å². The van der Waals surface area contributed by atoms with Gasteiger partial charge in [-0.2, -0.15) is 0 Å². The summed E-state index contributed by atoms with van der Waals surface area (Å²) in [5.74, 6) is -0.926. The SMILES string of the molecule is CCCCCCCC/C=C\C/C=C\C/C=C\CCCC(=O)OCC(COC(=O)CCCCCCCCCCCCCC)OC(=O)CCCCCCCCCCCCCCCC. The van der Waals surface area contributed by atoms with Gasteiger partial charge in [-0.1, -0.05) is 243 Å². The molecule has 0 aromatic carbocycles. The zero-order valence-electron chi connectivity index (χ0n) is 40.7. The standard InChI is InChI=1S/C55H100O6/c1-4-7-10-13-16-19-22-25-27-28-29-31-33-36-39-42-45-48-54(57)60-51-52(50-59-53(56)47-44-41-38-35-32-24-21-18-15-12-9-6-3)61-55(58)49-46-43-40-37-34-30-26-23-20-17-14-11-8-5-2/h25,27,29,31,36,39,52H,4-24,26,28,30,32-35,37-38,40-51H2,1-3H3/b27-25-,31-29-,39-36-. The van der Waals surface area contributed by atoms with E-state index < -0.39 is 6.10 Å². The molecule has 0 aromatic heterocycles. The zero-order chi connectivity index (χ0) is 44.4. The van der Waals surface area contributed by atoms with Crippen LogP contribution < -0.4 is 0 Å². The Labute approximate surface area is 378 Å². The Bertz CT molecular complexity index is 1030. The number of allylic oxidation sites excluding steroid dienone is 6. The van der Waals surface area contributed by atoms with E-state index in [1.54, 1.807) is 0 Å². The molecule has 0 aliphatic carbocycles. The fraction of sp³-hybridized carbons (Fsp3) is 0.836. The highest BCUT2D eigenvalue weighted by Crippen LogP contribution is 2.16. The molecule has 0 fully saturated rings. The first-order chi connectivity index (χ1) is 30.0. The Kier molecular flexibility index (Phi) is 48.3. The van der Waals surface area contributed by atoms with Gasteiger partial charge in [-0.05, 0) is 51.4 Å². The molecule has 0 aliphatic rings. The highest BCUT2D eigenvalue weighted by Gasteiger charge is 2.19. The van der Waals surface area contributed by atoms with E-state index in [-0.39, 0.29) is 31.1 Å². The first-order valence-electron chi connectivity index (χ1n) is 26.5. The second kappa shape index (κ2) is 50.3. The van der Waals surface area contributed by atoms with E-state index in [4.69, 9.17) is 14.2 Å². The zero-order valence-corrected chi connectivity index (χ0v) is 40.7. The lowest BCUT2D eigenvalue weighted by Crippen LogP contribution is -2.30. The minimum atomic E-state index is -0.786. The molecule has 0 rings (SSSR count). The smallest absolute Gasteiger partial charge is 0.306 e. The number of unbranched alkanes of at least 4 members (excludes halogenated alkanes) is 31. The highest BCUT2D eigenvalue weighted by atomic mass is 16.6. The van der Waals surface area contributed by atoms with E-state index in [1.165, 1.54) is 173 Å². The van der Waals surface area contributed by atoms with Crippen LogP contribution in [0.4, 0.5) is 0 Å². The van der Waals surface area contributed by atoms with Gasteiger partial charge in [0, 0.05) is 19.3 Å². The molecule has 0 aliphatic heterocycles. The van der Waals surface area contributed by atoms with Crippen LogP contribution in [0.5, 0.6) is 0 Å². The molecule has 0 N–H and O–H groups in total. The van der Waals surface area contributed by atoms with Gasteiger partial charge < -0.3 is 14.2 Å². The van der Waals surface area contributed by atoms with Crippen LogP contribution in [-0.4, -0.2) is 37.2 Å². The van der Waals surface area contributed by atoms with Crippen LogP contribution >= 0.6 is 0 Å². The Hall–Kier alpha value is -2.37. The van der Waals surface area contributed by atoms with Gasteiger partial charge >= 0.3 is 17.9 Å². The van der Waals surface area contributed by atoms with E-state index in [2.05, 4.69) is 57.2 Å². The maximum Gasteiger partial charge on any atom is 0.306 e. The van der Waals surface area contributed by atoms with Gasteiger partial charge in [0.1, 0.15) is 13.2 Å². The largest absolute Gasteiger partial charge is 0.462 e. The molecule has 0 heterocycles. The summed E-state index contributed by atoms with van der Waals surface area (Å²) in [6.07, 6.45) is 58.5. The molecule has 6 heteroatoms. The Morgan fingerprint density at radius 1 is 0.328 bits per heavy atom. The van der Waals surface area contributed by atoms with Gasteiger partial charge in [0.05, 0.1) is 0 Å². The molecule has 356 valence electrons. The monoisotopic (exact) mass is 857 g/mol. The first-order valence-corrected chi connectivity index (χ1v) is 26.5. The fourth-order valence-electron chi connectivity index (χ4n) is 7.64. The van der Waals surface area contributed by atoms with Crippen molar-refractivity contribution >= 4 is 17.9 Å². The van der Waals surface area contributed by atoms with Crippen molar-refractivity contribution in [2.75, 3.05) is 13.2 Å². The van der Waals surface area contributed by atoms with Gasteiger partial charge in [-0.15, -0.1) is 0 Å². The van der Waals surface area contributed by atoms with E-state index in [0.29, 0.717) is 25.7 Å². The predicted molar refractivity (Wildman–Crippen MR) is 261 cm³/mol. The minimum absolute atomic E-state index is 0.0833. The van der Waals surface area contributed by atoms with Gasteiger partial charge in [-0.25, -0.2) is 0 Å². The topological polar surface area (TPSA) is 78.9 Å². The van der Waals surface area contributed by atoms with Gasteiger partial charge in [0.2, 0.25) is 0 Å². The number of ether oxygens (including phenoxy) is 3. The van der Waals surface area contributed by atoms with Crippen LogP contribution in [-0.2, 0) is 28.6 Å². The molecule has 0 amide bonds. The summed E-state index contributed by atoms with van der Waals surface area (Å²) in [4.78, 5) is 37.9. The number of carbonyl (C=O) groups is 3. The van der Waals surface area contributed by atoms with Crippen molar-refractivity contribution in [3.05, 3.63) is 36.5 Å². The normalized spacial score (nSPS) is 12.2. The Balaban J connectivity index is 4.41. The Morgan fingerprint density at radius 3 is 0.984 bits per heavy atom. The van der Waals surface area contributed by atoms with Crippen LogP contribution in [0.1, 0.15) is 278 Å². The summed E-state index contributed by atoms with van der Waals surface area (Å²) in [6.45, 7) is 6.61. The van der Waals surface area contributed by atoms with Crippen LogP contribution in [0.2, 0.25) is 0 Å². The van der Waals surface area contributed by atoms with Crippen molar-refractivity contribution in [1.29, 1.82) is 0 Å². The van der Waals surface area contributed by atoms with Gasteiger partial charge in [0.25, 0.3) is 0 Å². The summed E-state index contributed by atoms with van der Waals surface area (Å²) in [5.41, 5.74) is 0. The minimum Gasteiger partial charge on any atom is -0.462 e. The molecule has 61 heavy (non-hydrogen) atoms. The molecule has 1 atom stereocenters. The molecular formula is C55H100O6. The lowest BCUT2D eigenvalue weighted by atomic mass is 10.0. The molecule has 6 nitrogen and oxygen atoms in total. The number of rotatable bonds is 48. The van der Waals surface area contributed by atoms with Gasteiger partial charge in [0.15, 0.2) is 6.10 Å². The molecule has 0 saturated heterocycles. The third-order valence-electron chi connectivity index (χ3n) is 11.6. The molecule has 0 aromatic rings. The quantitative estimate of drug-likeness (QED) is 0.0262.